The third kappa shape index (κ3) is 4.59. The molecule has 32 heavy (non-hydrogen) atoms. The summed E-state index contributed by atoms with van der Waals surface area (Å²) in [6.07, 6.45) is -0.310. The number of pyridine rings is 1. The maximum atomic E-state index is 13.6. The van der Waals surface area contributed by atoms with Crippen LogP contribution in [0.2, 0.25) is 0 Å². The molecule has 0 unspecified atom stereocenters. The molecular formula is C22H21F5N4O. The lowest BCUT2D eigenvalue weighted by molar-refractivity contribution is -0.149. The standard InChI is InChI=1S/C22H21F5N4O/c1-21(4-6-31(7-5-21)12-22(25,26)27)19-3-2-13(10-29-19)20(32)30-18-11-28-17-9-16(24)15(23)8-14(17)18/h2-3,8-11,28H,4-7,12H2,1H3,(H,30,32). The van der Waals surface area contributed by atoms with Crippen molar-refractivity contribution in [3.63, 3.8) is 0 Å². The van der Waals surface area contributed by atoms with Gasteiger partial charge < -0.3 is 10.3 Å². The Kier molecular flexibility index (Phi) is 5.66. The van der Waals surface area contributed by atoms with Crippen molar-refractivity contribution in [1.82, 2.24) is 14.9 Å². The Morgan fingerprint density at radius 2 is 1.88 bits per heavy atom. The summed E-state index contributed by atoms with van der Waals surface area (Å²) in [5.74, 6) is -2.48. The van der Waals surface area contributed by atoms with Gasteiger partial charge in [-0.2, -0.15) is 13.2 Å². The summed E-state index contributed by atoms with van der Waals surface area (Å²) in [7, 11) is 0. The van der Waals surface area contributed by atoms with E-state index in [-0.39, 0.29) is 11.0 Å². The van der Waals surface area contributed by atoms with E-state index in [0.717, 1.165) is 12.1 Å². The van der Waals surface area contributed by atoms with Crippen LogP contribution in [0.5, 0.6) is 0 Å². The molecule has 10 heteroatoms. The molecule has 1 aliphatic rings. The quantitative estimate of drug-likeness (QED) is 0.547. The topological polar surface area (TPSA) is 61.0 Å². The van der Waals surface area contributed by atoms with E-state index in [4.69, 9.17) is 0 Å². The fourth-order valence-electron chi connectivity index (χ4n) is 4.01. The van der Waals surface area contributed by atoms with Crippen molar-refractivity contribution >= 4 is 22.5 Å². The molecule has 1 aliphatic heterocycles. The number of hydrogen-bond acceptors (Lipinski definition) is 3. The van der Waals surface area contributed by atoms with Gasteiger partial charge in [0.05, 0.1) is 23.3 Å². The van der Waals surface area contributed by atoms with Crippen LogP contribution in [-0.4, -0.2) is 46.6 Å². The summed E-state index contributed by atoms with van der Waals surface area (Å²) in [5.41, 5.74) is 1.25. The van der Waals surface area contributed by atoms with Crippen molar-refractivity contribution in [3.05, 3.63) is 59.6 Å². The molecule has 0 saturated carbocycles. The van der Waals surface area contributed by atoms with Gasteiger partial charge in [-0.25, -0.2) is 8.78 Å². The lowest BCUT2D eigenvalue weighted by Gasteiger charge is -2.39. The molecule has 170 valence electrons. The number of aromatic amines is 1. The molecule has 2 N–H and O–H groups in total. The smallest absolute Gasteiger partial charge is 0.359 e. The van der Waals surface area contributed by atoms with Crippen molar-refractivity contribution in [2.45, 2.75) is 31.4 Å². The van der Waals surface area contributed by atoms with E-state index in [1.807, 2.05) is 6.92 Å². The molecule has 0 bridgehead atoms. The van der Waals surface area contributed by atoms with Gasteiger partial charge in [-0.05, 0) is 44.1 Å². The van der Waals surface area contributed by atoms with Crippen molar-refractivity contribution in [3.8, 4) is 0 Å². The fourth-order valence-corrected chi connectivity index (χ4v) is 4.01. The second-order valence-electron chi connectivity index (χ2n) is 8.35. The monoisotopic (exact) mass is 452 g/mol. The number of H-pyrrole nitrogens is 1. The van der Waals surface area contributed by atoms with E-state index in [1.54, 1.807) is 12.1 Å². The van der Waals surface area contributed by atoms with Crippen LogP contribution in [0.15, 0.2) is 36.7 Å². The Balaban J connectivity index is 1.44. The predicted molar refractivity (Wildman–Crippen MR) is 109 cm³/mol. The Labute approximate surface area is 180 Å². The molecule has 1 saturated heterocycles. The number of anilines is 1. The van der Waals surface area contributed by atoms with Gasteiger partial charge in [0.2, 0.25) is 0 Å². The molecule has 0 aliphatic carbocycles. The first-order chi connectivity index (χ1) is 15.0. The molecule has 0 spiro atoms. The van der Waals surface area contributed by atoms with Gasteiger partial charge in [0.15, 0.2) is 11.6 Å². The van der Waals surface area contributed by atoms with E-state index < -0.39 is 30.3 Å². The van der Waals surface area contributed by atoms with Crippen LogP contribution >= 0.6 is 0 Å². The number of fused-ring (bicyclic) bond motifs is 1. The zero-order valence-corrected chi connectivity index (χ0v) is 17.2. The number of hydrogen-bond donors (Lipinski definition) is 2. The highest BCUT2D eigenvalue weighted by Crippen LogP contribution is 2.35. The van der Waals surface area contributed by atoms with Gasteiger partial charge in [0.25, 0.3) is 5.91 Å². The average Bonchev–Trinajstić information content (AvgIpc) is 3.10. The minimum Gasteiger partial charge on any atom is -0.359 e. The first-order valence-electron chi connectivity index (χ1n) is 10.1. The summed E-state index contributed by atoms with van der Waals surface area (Å²) in [6.45, 7) is 1.68. The molecule has 5 nitrogen and oxygen atoms in total. The second kappa shape index (κ2) is 8.16. The molecule has 0 radical (unpaired) electrons. The molecule has 3 aromatic rings. The number of carbonyl (C=O) groups excluding carboxylic acids is 1. The molecule has 3 heterocycles. The second-order valence-corrected chi connectivity index (χ2v) is 8.35. The molecule has 1 amide bonds. The van der Waals surface area contributed by atoms with Crippen LogP contribution in [-0.2, 0) is 5.41 Å². The third-order valence-corrected chi connectivity index (χ3v) is 5.98. The third-order valence-electron chi connectivity index (χ3n) is 5.98. The Morgan fingerprint density at radius 3 is 2.50 bits per heavy atom. The lowest BCUT2D eigenvalue weighted by Crippen LogP contribution is -2.45. The number of halogens is 5. The van der Waals surface area contributed by atoms with Crippen LogP contribution in [0.3, 0.4) is 0 Å². The molecule has 0 atom stereocenters. The van der Waals surface area contributed by atoms with Gasteiger partial charge >= 0.3 is 6.18 Å². The van der Waals surface area contributed by atoms with Crippen molar-refractivity contribution in [2.24, 2.45) is 0 Å². The molecule has 1 fully saturated rings. The lowest BCUT2D eigenvalue weighted by atomic mass is 9.77. The Bertz CT molecular complexity index is 1130. The van der Waals surface area contributed by atoms with Gasteiger partial charge in [0, 0.05) is 35.0 Å². The van der Waals surface area contributed by atoms with E-state index >= 15 is 0 Å². The number of aromatic nitrogens is 2. The van der Waals surface area contributed by atoms with E-state index in [2.05, 4.69) is 15.3 Å². The van der Waals surface area contributed by atoms with Gasteiger partial charge in [-0.1, -0.05) is 6.92 Å². The summed E-state index contributed by atoms with van der Waals surface area (Å²) < 4.78 is 64.7. The molecule has 1 aromatic carbocycles. The first-order valence-corrected chi connectivity index (χ1v) is 10.1. The summed E-state index contributed by atoms with van der Waals surface area (Å²) in [5, 5.41) is 2.98. The van der Waals surface area contributed by atoms with Crippen LogP contribution in [0.25, 0.3) is 10.9 Å². The number of rotatable bonds is 4. The number of alkyl halides is 3. The predicted octanol–water partition coefficient (Wildman–Crippen LogP) is 5.01. The number of piperidine rings is 1. The van der Waals surface area contributed by atoms with Crippen molar-refractivity contribution < 1.29 is 26.7 Å². The van der Waals surface area contributed by atoms with Gasteiger partial charge in [-0.3, -0.25) is 14.7 Å². The van der Waals surface area contributed by atoms with E-state index in [9.17, 15) is 26.7 Å². The number of amides is 1. The summed E-state index contributed by atoms with van der Waals surface area (Å²) in [4.78, 5) is 21.2. The van der Waals surface area contributed by atoms with Crippen LogP contribution in [0, 0.1) is 11.6 Å². The minimum absolute atomic E-state index is 0.267. The van der Waals surface area contributed by atoms with Crippen LogP contribution in [0.4, 0.5) is 27.6 Å². The Morgan fingerprint density at radius 1 is 1.19 bits per heavy atom. The molecular weight excluding hydrogens is 431 g/mol. The highest BCUT2D eigenvalue weighted by molar-refractivity contribution is 6.08. The van der Waals surface area contributed by atoms with Gasteiger partial charge in [-0.15, -0.1) is 0 Å². The highest BCUT2D eigenvalue weighted by Gasteiger charge is 2.37. The maximum Gasteiger partial charge on any atom is 0.401 e. The zero-order valence-electron chi connectivity index (χ0n) is 17.2. The molecule has 2 aromatic heterocycles. The van der Waals surface area contributed by atoms with E-state index in [1.165, 1.54) is 17.3 Å². The largest absolute Gasteiger partial charge is 0.401 e. The number of nitrogens with one attached hydrogen (secondary N) is 2. The number of benzene rings is 1. The summed E-state index contributed by atoms with van der Waals surface area (Å²) in [6, 6.07) is 5.32. The minimum atomic E-state index is -4.22. The Hall–Kier alpha value is -3.01. The number of likely N-dealkylation sites (tertiary alicyclic amines) is 1. The SMILES string of the molecule is CC1(c2ccc(C(=O)Nc3c[nH]c4cc(F)c(F)cc34)cn2)CCN(CC(F)(F)F)CC1. The number of nitrogens with zero attached hydrogens (tertiary/aromatic N) is 2. The first kappa shape index (κ1) is 22.2. The number of carbonyl (C=O) groups is 1. The zero-order chi connectivity index (χ0) is 23.1. The fraction of sp³-hybridized carbons (Fsp3) is 0.364. The van der Waals surface area contributed by atoms with Crippen molar-refractivity contribution in [2.75, 3.05) is 25.0 Å². The average molecular weight is 452 g/mol. The van der Waals surface area contributed by atoms with Gasteiger partial charge in [0.1, 0.15) is 0 Å². The maximum absolute atomic E-state index is 13.6. The normalized spacial score (nSPS) is 16.9. The highest BCUT2D eigenvalue weighted by atomic mass is 19.4. The summed E-state index contributed by atoms with van der Waals surface area (Å²) >= 11 is 0. The van der Waals surface area contributed by atoms with Crippen molar-refractivity contribution in [1.29, 1.82) is 0 Å². The van der Waals surface area contributed by atoms with E-state index in [0.29, 0.717) is 48.2 Å². The molecule has 4 rings (SSSR count). The van der Waals surface area contributed by atoms with Crippen LogP contribution in [0.1, 0.15) is 35.8 Å². The van der Waals surface area contributed by atoms with Crippen LogP contribution < -0.4 is 5.32 Å².